The van der Waals surface area contributed by atoms with Crippen LogP contribution in [0.4, 0.5) is 4.39 Å². The Morgan fingerprint density at radius 3 is 1.64 bits per heavy atom. The first-order valence-electron chi connectivity index (χ1n) is 11.6. The van der Waals surface area contributed by atoms with Crippen molar-refractivity contribution < 1.29 is 13.9 Å². The molecule has 2 nitrogen and oxygen atoms in total. The van der Waals surface area contributed by atoms with E-state index in [1.807, 2.05) is 20.8 Å². The number of carbonyl (C=O) groups excluding carboxylic acids is 1. The quantitative estimate of drug-likeness (QED) is 0.154. The zero-order chi connectivity index (χ0) is 20.9. The molecule has 3 heteroatoms. The minimum absolute atomic E-state index is 0.173. The highest BCUT2D eigenvalue weighted by atomic mass is 19.1. The molecular weight excluding hydrogens is 351 g/mol. The minimum Gasteiger partial charge on any atom is -0.368 e. The monoisotopic (exact) mass is 396 g/mol. The molecule has 0 amide bonds. The summed E-state index contributed by atoms with van der Waals surface area (Å²) in [6, 6.07) is 0. The van der Waals surface area contributed by atoms with E-state index in [1.165, 1.54) is 38.5 Å². The first-order valence-corrected chi connectivity index (χ1v) is 11.6. The summed E-state index contributed by atoms with van der Waals surface area (Å²) < 4.78 is 17.4. The summed E-state index contributed by atoms with van der Waals surface area (Å²) in [5.74, 6) is 0.203. The number of carbonyl (C=O) groups is 1. The van der Waals surface area contributed by atoms with Crippen molar-refractivity contribution in [1.29, 1.82) is 0 Å². The molecule has 164 valence electrons. The van der Waals surface area contributed by atoms with Crippen molar-refractivity contribution >= 4 is 5.78 Å². The van der Waals surface area contributed by atoms with E-state index in [2.05, 4.69) is 24.3 Å². The largest absolute Gasteiger partial charge is 0.368 e. The van der Waals surface area contributed by atoms with Gasteiger partial charge in [0.05, 0.1) is 6.67 Å². The summed E-state index contributed by atoms with van der Waals surface area (Å²) in [6.45, 7) is 6.06. The molecule has 0 aliphatic carbocycles. The lowest BCUT2D eigenvalue weighted by Gasteiger charge is -2.22. The normalized spacial score (nSPS) is 12.4. The van der Waals surface area contributed by atoms with E-state index in [4.69, 9.17) is 4.74 Å². The van der Waals surface area contributed by atoms with Crippen LogP contribution in [0.2, 0.25) is 0 Å². The maximum absolute atomic E-state index is 12.1. The number of alkyl halides is 1. The number of unbranched alkanes of at least 4 members (excludes halogenated alkanes) is 10. The average molecular weight is 397 g/mol. The minimum atomic E-state index is -0.635. The van der Waals surface area contributed by atoms with Crippen LogP contribution in [0.25, 0.3) is 0 Å². The van der Waals surface area contributed by atoms with Crippen molar-refractivity contribution in [1.82, 2.24) is 0 Å². The van der Waals surface area contributed by atoms with Gasteiger partial charge < -0.3 is 4.74 Å². The Morgan fingerprint density at radius 2 is 1.18 bits per heavy atom. The van der Waals surface area contributed by atoms with E-state index in [9.17, 15) is 9.18 Å². The number of hydrogen-bond donors (Lipinski definition) is 0. The maximum Gasteiger partial charge on any atom is 0.164 e. The number of ether oxygens (including phenoxy) is 1. The lowest BCUT2D eigenvalue weighted by Crippen LogP contribution is -2.34. The predicted octanol–water partition coefficient (Wildman–Crippen LogP) is 7.91. The van der Waals surface area contributed by atoms with Crippen molar-refractivity contribution in [2.45, 2.75) is 116 Å². The van der Waals surface area contributed by atoms with Gasteiger partial charge in [-0.15, -0.1) is 0 Å². The molecular formula is C25H45FO2. The zero-order valence-corrected chi connectivity index (χ0v) is 18.8. The fraction of sp³-hybridized carbons (Fsp3) is 0.800. The number of halogens is 1. The molecule has 0 N–H and O–H groups in total. The average Bonchev–Trinajstić information content (AvgIpc) is 2.66. The van der Waals surface area contributed by atoms with Gasteiger partial charge in [0, 0.05) is 13.0 Å². The molecule has 0 unspecified atom stereocenters. The Hall–Kier alpha value is -0.960. The van der Waals surface area contributed by atoms with Crippen LogP contribution in [-0.2, 0) is 9.53 Å². The molecule has 0 rings (SSSR count). The lowest BCUT2D eigenvalue weighted by atomic mass is 9.98. The Kier molecular flexibility index (Phi) is 18.7. The van der Waals surface area contributed by atoms with Crippen LogP contribution in [0.3, 0.4) is 0 Å². The van der Waals surface area contributed by atoms with Gasteiger partial charge in [-0.2, -0.15) is 0 Å². The van der Waals surface area contributed by atoms with Gasteiger partial charge in [0.1, 0.15) is 5.60 Å². The SMILES string of the molecule is CCOC(C)(C)C(=O)CCC/C=C\CCCCCCC/C=C\CCCCCF. The highest BCUT2D eigenvalue weighted by Gasteiger charge is 2.26. The van der Waals surface area contributed by atoms with E-state index < -0.39 is 5.60 Å². The Balaban J connectivity index is 3.38. The fourth-order valence-electron chi connectivity index (χ4n) is 3.18. The molecule has 28 heavy (non-hydrogen) atoms. The zero-order valence-electron chi connectivity index (χ0n) is 18.8. The number of Topliss-reactive ketones (excluding diaryl/α,β-unsaturated/α-hetero) is 1. The van der Waals surface area contributed by atoms with Crippen LogP contribution >= 0.6 is 0 Å². The molecule has 0 fully saturated rings. The Bertz CT molecular complexity index is 413. The molecule has 0 saturated carbocycles. The van der Waals surface area contributed by atoms with Crippen molar-refractivity contribution in [3.05, 3.63) is 24.3 Å². The van der Waals surface area contributed by atoms with Crippen LogP contribution in [0.15, 0.2) is 24.3 Å². The van der Waals surface area contributed by atoms with Crippen molar-refractivity contribution in [3.63, 3.8) is 0 Å². The van der Waals surface area contributed by atoms with Gasteiger partial charge in [-0.3, -0.25) is 9.18 Å². The first-order chi connectivity index (χ1) is 13.5. The van der Waals surface area contributed by atoms with Crippen LogP contribution in [0.1, 0.15) is 111 Å². The number of allylic oxidation sites excluding steroid dienone is 4. The molecule has 0 atom stereocenters. The van der Waals surface area contributed by atoms with E-state index in [1.54, 1.807) is 0 Å². The van der Waals surface area contributed by atoms with Gasteiger partial charge in [0.2, 0.25) is 0 Å². The number of ketones is 1. The Morgan fingerprint density at radius 1 is 0.750 bits per heavy atom. The van der Waals surface area contributed by atoms with Gasteiger partial charge in [0.25, 0.3) is 0 Å². The summed E-state index contributed by atoms with van der Waals surface area (Å²) in [7, 11) is 0. The van der Waals surface area contributed by atoms with E-state index in [0.29, 0.717) is 13.0 Å². The highest BCUT2D eigenvalue weighted by molar-refractivity contribution is 5.86. The molecule has 0 heterocycles. The Labute approximate surface area is 174 Å². The van der Waals surface area contributed by atoms with Gasteiger partial charge >= 0.3 is 0 Å². The molecule has 0 bridgehead atoms. The maximum atomic E-state index is 12.1. The molecule has 0 aliphatic rings. The van der Waals surface area contributed by atoms with Gasteiger partial charge in [-0.05, 0) is 78.6 Å². The summed E-state index contributed by atoms with van der Waals surface area (Å²) in [4.78, 5) is 12.1. The highest BCUT2D eigenvalue weighted by Crippen LogP contribution is 2.15. The molecule has 0 aliphatic heterocycles. The smallest absolute Gasteiger partial charge is 0.164 e. The lowest BCUT2D eigenvalue weighted by molar-refractivity contribution is -0.139. The van der Waals surface area contributed by atoms with E-state index >= 15 is 0 Å². The topological polar surface area (TPSA) is 26.3 Å². The fourth-order valence-corrected chi connectivity index (χ4v) is 3.18. The van der Waals surface area contributed by atoms with E-state index in [-0.39, 0.29) is 12.5 Å². The summed E-state index contributed by atoms with van der Waals surface area (Å²) in [5, 5.41) is 0. The van der Waals surface area contributed by atoms with Crippen LogP contribution in [-0.4, -0.2) is 24.7 Å². The van der Waals surface area contributed by atoms with Crippen LogP contribution in [0.5, 0.6) is 0 Å². The number of hydrogen-bond acceptors (Lipinski definition) is 2. The third-order valence-corrected chi connectivity index (χ3v) is 5.03. The van der Waals surface area contributed by atoms with Crippen LogP contribution in [0, 0.1) is 0 Å². The van der Waals surface area contributed by atoms with Gasteiger partial charge in [0.15, 0.2) is 5.78 Å². The second-order valence-corrected chi connectivity index (χ2v) is 8.08. The molecule has 0 radical (unpaired) electrons. The van der Waals surface area contributed by atoms with Crippen LogP contribution < -0.4 is 0 Å². The van der Waals surface area contributed by atoms with Crippen molar-refractivity contribution in [2.75, 3.05) is 13.3 Å². The first kappa shape index (κ1) is 27.0. The van der Waals surface area contributed by atoms with Crippen molar-refractivity contribution in [2.24, 2.45) is 0 Å². The molecule has 0 saturated heterocycles. The molecule has 0 spiro atoms. The third kappa shape index (κ3) is 17.2. The molecule has 0 aromatic heterocycles. The van der Waals surface area contributed by atoms with Gasteiger partial charge in [-0.1, -0.05) is 50.0 Å². The second kappa shape index (κ2) is 19.4. The molecule has 0 aromatic carbocycles. The second-order valence-electron chi connectivity index (χ2n) is 8.08. The summed E-state index contributed by atoms with van der Waals surface area (Å²) in [5.41, 5.74) is -0.635. The summed E-state index contributed by atoms with van der Waals surface area (Å²) in [6.07, 6.45) is 24.3. The van der Waals surface area contributed by atoms with Gasteiger partial charge in [-0.25, -0.2) is 0 Å². The van der Waals surface area contributed by atoms with E-state index in [0.717, 1.165) is 44.9 Å². The molecule has 0 aromatic rings. The standard InChI is InChI=1S/C25H45FO2/c1-4-28-25(2,3)24(27)22-20-18-16-14-12-10-8-6-5-7-9-11-13-15-17-19-21-23-26/h11,13-14,16H,4-10,12,15,17-23H2,1-3H3/b13-11-,16-14-. The van der Waals surface area contributed by atoms with Crippen molar-refractivity contribution in [3.8, 4) is 0 Å². The third-order valence-electron chi connectivity index (χ3n) is 5.03. The number of rotatable bonds is 20. The predicted molar refractivity (Wildman–Crippen MR) is 120 cm³/mol. The summed E-state index contributed by atoms with van der Waals surface area (Å²) >= 11 is 0.